The summed E-state index contributed by atoms with van der Waals surface area (Å²) in [5.74, 6) is -0.138. The van der Waals surface area contributed by atoms with Crippen LogP contribution in [0.15, 0.2) is 48.8 Å². The molecule has 1 saturated heterocycles. The van der Waals surface area contributed by atoms with Crippen LogP contribution < -0.4 is 9.64 Å². The molecule has 0 aliphatic carbocycles. The summed E-state index contributed by atoms with van der Waals surface area (Å²) in [6, 6.07) is 11.3. The number of pyridine rings is 1. The fraction of sp³-hybridized carbons (Fsp3) is 0.227. The zero-order chi connectivity index (χ0) is 19.8. The van der Waals surface area contributed by atoms with Crippen LogP contribution in [0.4, 0.5) is 9.39 Å². The Bertz CT molecular complexity index is 1160. The number of anilines is 1. The maximum Gasteiger partial charge on any atom is 0.165 e. The fourth-order valence-electron chi connectivity index (χ4n) is 3.73. The predicted octanol–water partition coefficient (Wildman–Crippen LogP) is 4.94. The molecule has 1 aromatic carbocycles. The lowest BCUT2D eigenvalue weighted by atomic mass is 10.0. The van der Waals surface area contributed by atoms with Gasteiger partial charge < -0.3 is 19.4 Å². The van der Waals surface area contributed by atoms with E-state index < -0.39 is 0 Å². The van der Waals surface area contributed by atoms with E-state index in [9.17, 15) is 4.39 Å². The van der Waals surface area contributed by atoms with Crippen LogP contribution in [0.3, 0.4) is 0 Å². The Balaban J connectivity index is 1.55. The second kappa shape index (κ2) is 7.50. The highest BCUT2D eigenvalue weighted by atomic mass is 32.1. The number of aromatic amines is 1. The molecule has 5 rings (SSSR count). The van der Waals surface area contributed by atoms with Gasteiger partial charge in [-0.15, -0.1) is 11.3 Å². The van der Waals surface area contributed by atoms with Gasteiger partial charge in [0.05, 0.1) is 25.3 Å². The average molecular weight is 409 g/mol. The highest BCUT2D eigenvalue weighted by Crippen LogP contribution is 2.39. The van der Waals surface area contributed by atoms with Gasteiger partial charge in [0.15, 0.2) is 11.6 Å². The number of rotatable bonds is 4. The number of aromatic nitrogens is 2. The van der Waals surface area contributed by atoms with E-state index in [-0.39, 0.29) is 11.6 Å². The minimum Gasteiger partial charge on any atom is -0.493 e. The average Bonchev–Trinajstić information content (AvgIpc) is 3.41. The molecule has 0 bridgehead atoms. The maximum absolute atomic E-state index is 14.2. The van der Waals surface area contributed by atoms with Gasteiger partial charge in [0.2, 0.25) is 0 Å². The number of hydrogen-bond acceptors (Lipinski definition) is 5. The van der Waals surface area contributed by atoms with E-state index in [0.29, 0.717) is 5.56 Å². The van der Waals surface area contributed by atoms with E-state index in [1.807, 2.05) is 18.5 Å². The smallest absolute Gasteiger partial charge is 0.165 e. The molecule has 4 heterocycles. The van der Waals surface area contributed by atoms with Gasteiger partial charge in [-0.05, 0) is 24.3 Å². The van der Waals surface area contributed by atoms with Crippen molar-refractivity contribution in [3.05, 3.63) is 54.6 Å². The monoisotopic (exact) mass is 409 g/mol. The Morgan fingerprint density at radius 3 is 2.86 bits per heavy atom. The molecule has 0 unspecified atom stereocenters. The summed E-state index contributed by atoms with van der Waals surface area (Å²) in [5.41, 5.74) is 3.38. The first-order valence-corrected chi connectivity index (χ1v) is 10.3. The molecular formula is C22H20FN3O2S. The van der Waals surface area contributed by atoms with Crippen molar-refractivity contribution < 1.29 is 13.9 Å². The van der Waals surface area contributed by atoms with E-state index in [4.69, 9.17) is 9.47 Å². The van der Waals surface area contributed by atoms with Gasteiger partial charge in [0, 0.05) is 52.4 Å². The van der Waals surface area contributed by atoms with E-state index in [1.54, 1.807) is 17.4 Å². The first-order valence-electron chi connectivity index (χ1n) is 9.47. The molecule has 4 aromatic rings. The van der Waals surface area contributed by atoms with Gasteiger partial charge in [-0.25, -0.2) is 9.37 Å². The van der Waals surface area contributed by atoms with Crippen LogP contribution in [0.25, 0.3) is 32.6 Å². The summed E-state index contributed by atoms with van der Waals surface area (Å²) in [6.07, 6.45) is 3.73. The molecule has 0 spiro atoms. The summed E-state index contributed by atoms with van der Waals surface area (Å²) < 4.78 is 25.0. The first-order chi connectivity index (χ1) is 14.2. The Labute approximate surface area is 171 Å². The molecule has 0 atom stereocenters. The number of nitrogens with one attached hydrogen (secondary N) is 1. The number of morpholine rings is 1. The van der Waals surface area contributed by atoms with Crippen molar-refractivity contribution in [3.63, 3.8) is 0 Å². The molecule has 3 aromatic heterocycles. The Morgan fingerprint density at radius 2 is 2.03 bits per heavy atom. The van der Waals surface area contributed by atoms with Gasteiger partial charge in [0.25, 0.3) is 0 Å². The van der Waals surface area contributed by atoms with Gasteiger partial charge in [-0.3, -0.25) is 0 Å². The van der Waals surface area contributed by atoms with Crippen molar-refractivity contribution in [1.82, 2.24) is 9.97 Å². The van der Waals surface area contributed by atoms with Gasteiger partial charge >= 0.3 is 0 Å². The molecule has 1 aliphatic rings. The quantitative estimate of drug-likeness (QED) is 0.519. The van der Waals surface area contributed by atoms with E-state index in [1.165, 1.54) is 18.2 Å². The molecule has 1 N–H and O–H groups in total. The zero-order valence-electron chi connectivity index (χ0n) is 15.9. The third-order valence-corrected chi connectivity index (χ3v) is 6.39. The van der Waals surface area contributed by atoms with Crippen molar-refractivity contribution in [1.29, 1.82) is 0 Å². The maximum atomic E-state index is 14.2. The number of hydrogen-bond donors (Lipinski definition) is 1. The molecular weight excluding hydrogens is 389 g/mol. The lowest BCUT2D eigenvalue weighted by molar-refractivity contribution is 0.123. The lowest BCUT2D eigenvalue weighted by Crippen LogP contribution is -2.35. The second-order valence-corrected chi connectivity index (χ2v) is 7.94. The predicted molar refractivity (Wildman–Crippen MR) is 114 cm³/mol. The van der Waals surface area contributed by atoms with Gasteiger partial charge in [-0.2, -0.15) is 0 Å². The molecule has 0 saturated carbocycles. The number of benzene rings is 1. The van der Waals surface area contributed by atoms with Crippen molar-refractivity contribution in [2.24, 2.45) is 0 Å². The van der Waals surface area contributed by atoms with Crippen LogP contribution >= 0.6 is 11.3 Å². The van der Waals surface area contributed by atoms with Crippen LogP contribution in [0.2, 0.25) is 0 Å². The van der Waals surface area contributed by atoms with Gasteiger partial charge in [-0.1, -0.05) is 12.1 Å². The van der Waals surface area contributed by atoms with Crippen molar-refractivity contribution in [2.75, 3.05) is 38.3 Å². The molecule has 148 valence electrons. The van der Waals surface area contributed by atoms with Crippen molar-refractivity contribution in [2.45, 2.75) is 0 Å². The van der Waals surface area contributed by atoms with Crippen LogP contribution in [0.5, 0.6) is 5.75 Å². The van der Waals surface area contributed by atoms with Crippen LogP contribution in [-0.2, 0) is 4.74 Å². The topological polar surface area (TPSA) is 50.4 Å². The molecule has 0 amide bonds. The molecule has 29 heavy (non-hydrogen) atoms. The lowest BCUT2D eigenvalue weighted by Gasteiger charge is -2.27. The third kappa shape index (κ3) is 3.26. The minimum absolute atomic E-state index is 0.240. The fourth-order valence-corrected chi connectivity index (χ4v) is 4.76. The number of halogens is 1. The highest BCUT2D eigenvalue weighted by Gasteiger charge is 2.17. The molecule has 1 aliphatic heterocycles. The van der Waals surface area contributed by atoms with E-state index in [0.717, 1.165) is 53.3 Å². The van der Waals surface area contributed by atoms with Crippen LogP contribution in [-0.4, -0.2) is 43.4 Å². The second-order valence-electron chi connectivity index (χ2n) is 6.88. The summed E-state index contributed by atoms with van der Waals surface area (Å²) in [4.78, 5) is 11.3. The normalized spacial score (nSPS) is 14.5. The number of H-pyrrole nitrogens is 1. The van der Waals surface area contributed by atoms with Crippen molar-refractivity contribution >= 4 is 27.4 Å². The number of nitrogens with zero attached hydrogens (tertiary/aromatic N) is 2. The summed E-state index contributed by atoms with van der Waals surface area (Å²) in [5, 5.41) is 2.18. The van der Waals surface area contributed by atoms with Crippen molar-refractivity contribution in [3.8, 4) is 27.3 Å². The minimum atomic E-state index is -0.378. The molecule has 5 nitrogen and oxygen atoms in total. The largest absolute Gasteiger partial charge is 0.493 e. The molecule has 0 radical (unpaired) electrons. The highest BCUT2D eigenvalue weighted by molar-refractivity contribution is 7.19. The summed E-state index contributed by atoms with van der Waals surface area (Å²) >= 11 is 1.75. The SMILES string of the molecule is COc1c(F)cccc1-c1c[nH]c2ncc(-c3ccc(N4CCOCC4)s3)cc12. The number of thiophene rings is 1. The number of ether oxygens (including phenoxy) is 2. The number of para-hydroxylation sites is 1. The standard InChI is InChI=1S/C22H20FN3O2S/c1-27-21-15(3-2-4-18(21)23)17-13-25-22-16(17)11-14(12-24-22)19-5-6-20(29-19)26-7-9-28-10-8-26/h2-6,11-13H,7-10H2,1H3,(H,24,25). The first kappa shape index (κ1) is 18.1. The van der Waals surface area contributed by atoms with E-state index in [2.05, 4.69) is 33.1 Å². The summed E-state index contributed by atoms with van der Waals surface area (Å²) in [7, 11) is 1.49. The number of methoxy groups -OCH3 is 1. The number of fused-ring (bicyclic) bond motifs is 1. The van der Waals surface area contributed by atoms with Crippen LogP contribution in [0.1, 0.15) is 0 Å². The summed E-state index contributed by atoms with van der Waals surface area (Å²) in [6.45, 7) is 3.36. The Morgan fingerprint density at radius 1 is 1.17 bits per heavy atom. The zero-order valence-corrected chi connectivity index (χ0v) is 16.8. The van der Waals surface area contributed by atoms with E-state index >= 15 is 0 Å². The Hall–Kier alpha value is -2.90. The molecule has 1 fully saturated rings. The van der Waals surface area contributed by atoms with Gasteiger partial charge in [0.1, 0.15) is 5.65 Å². The molecule has 7 heteroatoms. The third-order valence-electron chi connectivity index (χ3n) is 5.19. The Kier molecular flexibility index (Phi) is 4.69. The van der Waals surface area contributed by atoms with Crippen LogP contribution in [0, 0.1) is 5.82 Å².